The standard InChI is InChI=1S/C24H28OS/c1-3-6-20(7-4-2)21-13-15-23(16-14-21)25-18-19-9-11-22(12-10-19)24-8-5-17-26-24/h5,8-17,20H,3-4,6-7,18H2,1-2H3. The Labute approximate surface area is 161 Å². The Kier molecular flexibility index (Phi) is 6.90. The predicted octanol–water partition coefficient (Wildman–Crippen LogP) is 7.68. The van der Waals surface area contributed by atoms with Crippen LogP contribution < -0.4 is 4.74 Å². The molecule has 26 heavy (non-hydrogen) atoms. The third-order valence-electron chi connectivity index (χ3n) is 4.79. The second-order valence-electron chi connectivity index (χ2n) is 6.81. The minimum absolute atomic E-state index is 0.609. The van der Waals surface area contributed by atoms with Gasteiger partial charge in [0.25, 0.3) is 0 Å². The first kappa shape index (κ1) is 18.7. The molecule has 0 amide bonds. The third-order valence-corrected chi connectivity index (χ3v) is 5.71. The highest BCUT2D eigenvalue weighted by Crippen LogP contribution is 2.28. The van der Waals surface area contributed by atoms with Crippen molar-refractivity contribution >= 4 is 11.3 Å². The molecule has 136 valence electrons. The number of rotatable bonds is 9. The van der Waals surface area contributed by atoms with Crippen molar-refractivity contribution in [3.8, 4) is 16.2 Å². The molecule has 0 atom stereocenters. The van der Waals surface area contributed by atoms with Crippen molar-refractivity contribution in [1.29, 1.82) is 0 Å². The lowest BCUT2D eigenvalue weighted by Crippen LogP contribution is -1.99. The summed E-state index contributed by atoms with van der Waals surface area (Å²) in [6, 6.07) is 21.6. The topological polar surface area (TPSA) is 9.23 Å². The minimum Gasteiger partial charge on any atom is -0.489 e. The van der Waals surface area contributed by atoms with Gasteiger partial charge in [0.05, 0.1) is 0 Å². The molecule has 0 unspecified atom stereocenters. The molecule has 3 aromatic rings. The SMILES string of the molecule is CCCC(CCC)c1ccc(OCc2ccc(-c3cccs3)cc2)cc1. The summed E-state index contributed by atoms with van der Waals surface area (Å²) >= 11 is 1.77. The van der Waals surface area contributed by atoms with Gasteiger partial charge in [-0.3, -0.25) is 0 Å². The summed E-state index contributed by atoms with van der Waals surface area (Å²) in [5, 5.41) is 2.11. The van der Waals surface area contributed by atoms with Crippen LogP contribution in [0.3, 0.4) is 0 Å². The van der Waals surface area contributed by atoms with Gasteiger partial charge in [-0.2, -0.15) is 0 Å². The molecule has 2 heteroatoms. The number of hydrogen-bond donors (Lipinski definition) is 0. The molecule has 0 aliphatic carbocycles. The maximum Gasteiger partial charge on any atom is 0.119 e. The molecule has 0 fully saturated rings. The fraction of sp³-hybridized carbons (Fsp3) is 0.333. The summed E-state index contributed by atoms with van der Waals surface area (Å²) in [5.74, 6) is 1.63. The molecule has 2 aromatic carbocycles. The highest BCUT2D eigenvalue weighted by atomic mass is 32.1. The van der Waals surface area contributed by atoms with Gasteiger partial charge in [-0.15, -0.1) is 11.3 Å². The number of benzene rings is 2. The molecule has 0 saturated carbocycles. The van der Waals surface area contributed by atoms with Crippen LogP contribution in [0.4, 0.5) is 0 Å². The zero-order chi connectivity index (χ0) is 18.2. The first-order valence-corrected chi connectivity index (χ1v) is 10.5. The molecule has 0 aliphatic heterocycles. The molecular weight excluding hydrogens is 336 g/mol. The van der Waals surface area contributed by atoms with Gasteiger partial charge in [0, 0.05) is 4.88 Å². The largest absolute Gasteiger partial charge is 0.489 e. The molecule has 1 nitrogen and oxygen atoms in total. The highest BCUT2D eigenvalue weighted by molar-refractivity contribution is 7.13. The van der Waals surface area contributed by atoms with E-state index in [0.29, 0.717) is 12.5 Å². The van der Waals surface area contributed by atoms with Gasteiger partial charge in [0.2, 0.25) is 0 Å². The molecule has 0 N–H and O–H groups in total. The van der Waals surface area contributed by atoms with Crippen molar-refractivity contribution in [3.05, 3.63) is 77.2 Å². The lowest BCUT2D eigenvalue weighted by atomic mass is 9.90. The number of ether oxygens (including phenoxy) is 1. The predicted molar refractivity (Wildman–Crippen MR) is 113 cm³/mol. The van der Waals surface area contributed by atoms with Crippen LogP contribution in [-0.2, 0) is 6.61 Å². The monoisotopic (exact) mass is 364 g/mol. The van der Waals surface area contributed by atoms with Crippen molar-refractivity contribution in [3.63, 3.8) is 0 Å². The van der Waals surface area contributed by atoms with E-state index in [0.717, 1.165) is 5.75 Å². The Balaban J connectivity index is 1.57. The maximum atomic E-state index is 5.98. The van der Waals surface area contributed by atoms with Gasteiger partial charge in [0.15, 0.2) is 0 Å². The van der Waals surface area contributed by atoms with Gasteiger partial charge in [-0.1, -0.05) is 69.2 Å². The van der Waals surface area contributed by atoms with Crippen LogP contribution in [0.25, 0.3) is 10.4 Å². The fourth-order valence-corrected chi connectivity index (χ4v) is 4.12. The van der Waals surface area contributed by atoms with Crippen molar-refractivity contribution < 1.29 is 4.74 Å². The summed E-state index contributed by atoms with van der Waals surface area (Å²) < 4.78 is 5.98. The molecule has 0 saturated heterocycles. The van der Waals surface area contributed by atoms with E-state index in [1.165, 1.54) is 47.3 Å². The smallest absolute Gasteiger partial charge is 0.119 e. The van der Waals surface area contributed by atoms with Crippen LogP contribution in [0.15, 0.2) is 66.0 Å². The Bertz CT molecular complexity index is 751. The van der Waals surface area contributed by atoms with Gasteiger partial charge in [-0.05, 0) is 59.0 Å². The van der Waals surface area contributed by atoms with E-state index in [9.17, 15) is 0 Å². The lowest BCUT2D eigenvalue weighted by Gasteiger charge is -2.16. The number of hydrogen-bond acceptors (Lipinski definition) is 2. The molecule has 0 bridgehead atoms. The molecule has 0 radical (unpaired) electrons. The quantitative estimate of drug-likeness (QED) is 0.378. The molecule has 1 aromatic heterocycles. The normalized spacial score (nSPS) is 11.0. The first-order valence-electron chi connectivity index (χ1n) is 9.65. The van der Waals surface area contributed by atoms with Crippen LogP contribution in [0.5, 0.6) is 5.75 Å². The first-order chi connectivity index (χ1) is 12.8. The average Bonchev–Trinajstić information content (AvgIpc) is 3.22. The van der Waals surface area contributed by atoms with E-state index in [-0.39, 0.29) is 0 Å². The van der Waals surface area contributed by atoms with Crippen LogP contribution in [0.1, 0.15) is 56.6 Å². The second-order valence-corrected chi connectivity index (χ2v) is 7.75. The summed E-state index contributed by atoms with van der Waals surface area (Å²) in [4.78, 5) is 1.31. The zero-order valence-electron chi connectivity index (χ0n) is 15.8. The van der Waals surface area contributed by atoms with Crippen LogP contribution >= 0.6 is 11.3 Å². The average molecular weight is 365 g/mol. The molecule has 1 heterocycles. The summed E-state index contributed by atoms with van der Waals surface area (Å²) in [5.41, 5.74) is 3.91. The zero-order valence-corrected chi connectivity index (χ0v) is 16.6. The Morgan fingerprint density at radius 1 is 0.846 bits per heavy atom. The molecular formula is C24H28OS. The molecule has 3 rings (SSSR count). The van der Waals surface area contributed by atoms with Crippen molar-refractivity contribution in [2.24, 2.45) is 0 Å². The third kappa shape index (κ3) is 4.98. The summed E-state index contributed by atoms with van der Waals surface area (Å²) in [7, 11) is 0. The van der Waals surface area contributed by atoms with E-state index >= 15 is 0 Å². The Morgan fingerprint density at radius 2 is 1.54 bits per heavy atom. The van der Waals surface area contributed by atoms with Gasteiger partial charge in [-0.25, -0.2) is 0 Å². The van der Waals surface area contributed by atoms with E-state index in [1.807, 2.05) is 0 Å². The number of thiophene rings is 1. The highest BCUT2D eigenvalue weighted by Gasteiger charge is 2.09. The maximum absolute atomic E-state index is 5.98. The van der Waals surface area contributed by atoms with Crippen molar-refractivity contribution in [2.45, 2.75) is 52.1 Å². The van der Waals surface area contributed by atoms with E-state index in [1.54, 1.807) is 11.3 Å². The summed E-state index contributed by atoms with van der Waals surface area (Å²) in [6.45, 7) is 5.14. The van der Waals surface area contributed by atoms with Gasteiger partial charge in [0.1, 0.15) is 12.4 Å². The van der Waals surface area contributed by atoms with Crippen LogP contribution in [0, 0.1) is 0 Å². The van der Waals surface area contributed by atoms with Crippen LogP contribution in [-0.4, -0.2) is 0 Å². The Hall–Kier alpha value is -2.06. The van der Waals surface area contributed by atoms with E-state index in [2.05, 4.69) is 79.9 Å². The van der Waals surface area contributed by atoms with Gasteiger partial charge >= 0.3 is 0 Å². The molecule has 0 spiro atoms. The fourth-order valence-electron chi connectivity index (χ4n) is 3.39. The van der Waals surface area contributed by atoms with Crippen LogP contribution in [0.2, 0.25) is 0 Å². The van der Waals surface area contributed by atoms with Crippen molar-refractivity contribution in [1.82, 2.24) is 0 Å². The van der Waals surface area contributed by atoms with E-state index < -0.39 is 0 Å². The summed E-state index contributed by atoms with van der Waals surface area (Å²) in [6.07, 6.45) is 5.02. The van der Waals surface area contributed by atoms with Gasteiger partial charge < -0.3 is 4.74 Å². The Morgan fingerprint density at radius 3 is 2.12 bits per heavy atom. The lowest BCUT2D eigenvalue weighted by molar-refractivity contribution is 0.306. The molecule has 0 aliphatic rings. The second kappa shape index (κ2) is 9.59. The van der Waals surface area contributed by atoms with E-state index in [4.69, 9.17) is 4.74 Å². The minimum atomic E-state index is 0.609. The van der Waals surface area contributed by atoms with Crippen molar-refractivity contribution in [2.75, 3.05) is 0 Å².